The predicted molar refractivity (Wildman–Crippen MR) is 96.7 cm³/mol. The molecule has 0 saturated heterocycles. The highest BCUT2D eigenvalue weighted by molar-refractivity contribution is 5.85. The Morgan fingerprint density at radius 3 is 2.48 bits per heavy atom. The Hall–Kier alpha value is -3.02. The summed E-state index contributed by atoms with van der Waals surface area (Å²) in [5.41, 5.74) is 5.18. The first-order valence-electron chi connectivity index (χ1n) is 7.74. The molecule has 0 atom stereocenters. The van der Waals surface area contributed by atoms with Crippen molar-refractivity contribution in [1.29, 1.82) is 0 Å². The molecule has 0 aliphatic heterocycles. The van der Waals surface area contributed by atoms with E-state index in [0.29, 0.717) is 11.5 Å². The maximum Gasteiger partial charge on any atom is 0.244 e. The van der Waals surface area contributed by atoms with Gasteiger partial charge in [0.1, 0.15) is 5.75 Å². The monoisotopic (exact) mass is 342 g/mol. The fourth-order valence-corrected chi connectivity index (χ4v) is 2.32. The van der Waals surface area contributed by atoms with Crippen LogP contribution in [0.2, 0.25) is 0 Å². The van der Waals surface area contributed by atoms with Crippen LogP contribution in [-0.4, -0.2) is 33.5 Å². The van der Waals surface area contributed by atoms with Crippen LogP contribution in [0.15, 0.2) is 41.5 Å². The second kappa shape index (κ2) is 8.73. The molecule has 0 aliphatic carbocycles. The van der Waals surface area contributed by atoms with Gasteiger partial charge in [0.2, 0.25) is 5.91 Å². The molecule has 0 aliphatic rings. The molecule has 2 aromatic rings. The number of hydrogen-bond donors (Lipinski definition) is 1. The topological polar surface area (TPSA) is 69.2 Å². The Morgan fingerprint density at radius 1 is 1.08 bits per heavy atom. The molecule has 6 nitrogen and oxygen atoms in total. The Kier molecular flexibility index (Phi) is 6.39. The molecule has 0 radical (unpaired) electrons. The largest absolute Gasteiger partial charge is 0.497 e. The maximum absolute atomic E-state index is 12.0. The van der Waals surface area contributed by atoms with Crippen LogP contribution in [0.3, 0.4) is 0 Å². The standard InChI is InChI=1S/C19H22N2O4/c1-13-8-17(24-3)18(25-4)11-15(13)12-20-21-19(22)10-14-6-5-7-16(9-14)23-2/h5-9,11-12H,10H2,1-4H3,(H,21,22)/b20-12+. The SMILES string of the molecule is COc1cccc(CC(=O)N/N=C/c2cc(OC)c(OC)cc2C)c1. The summed E-state index contributed by atoms with van der Waals surface area (Å²) in [7, 11) is 4.75. The van der Waals surface area contributed by atoms with Crippen LogP contribution in [0.5, 0.6) is 17.2 Å². The van der Waals surface area contributed by atoms with Crippen molar-refractivity contribution in [2.45, 2.75) is 13.3 Å². The molecule has 6 heteroatoms. The van der Waals surface area contributed by atoms with Gasteiger partial charge in [0.05, 0.1) is 34.0 Å². The number of methoxy groups -OCH3 is 3. The molecule has 0 unspecified atom stereocenters. The highest BCUT2D eigenvalue weighted by Crippen LogP contribution is 2.29. The lowest BCUT2D eigenvalue weighted by atomic mass is 10.1. The van der Waals surface area contributed by atoms with E-state index in [1.807, 2.05) is 43.3 Å². The molecular formula is C19H22N2O4. The number of nitrogens with one attached hydrogen (secondary N) is 1. The van der Waals surface area contributed by atoms with E-state index in [0.717, 1.165) is 22.4 Å². The molecule has 132 valence electrons. The summed E-state index contributed by atoms with van der Waals surface area (Å²) in [6, 6.07) is 11.0. The van der Waals surface area contributed by atoms with Gasteiger partial charge in [0.25, 0.3) is 0 Å². The minimum absolute atomic E-state index is 0.206. The number of nitrogens with zero attached hydrogens (tertiary/aromatic N) is 1. The number of ether oxygens (including phenoxy) is 3. The van der Waals surface area contributed by atoms with Crippen molar-refractivity contribution in [2.24, 2.45) is 5.10 Å². The van der Waals surface area contributed by atoms with Crippen molar-refractivity contribution in [3.63, 3.8) is 0 Å². The third-order valence-corrected chi connectivity index (χ3v) is 3.66. The Labute approximate surface area is 147 Å². The van der Waals surface area contributed by atoms with Gasteiger partial charge in [-0.25, -0.2) is 5.43 Å². The smallest absolute Gasteiger partial charge is 0.244 e. The first-order chi connectivity index (χ1) is 12.1. The van der Waals surface area contributed by atoms with Crippen molar-refractivity contribution in [2.75, 3.05) is 21.3 Å². The number of hydrazone groups is 1. The van der Waals surface area contributed by atoms with E-state index in [2.05, 4.69) is 10.5 Å². The number of benzene rings is 2. The molecule has 0 bridgehead atoms. The van der Waals surface area contributed by atoms with Gasteiger partial charge in [0.15, 0.2) is 11.5 Å². The molecule has 0 spiro atoms. The van der Waals surface area contributed by atoms with Gasteiger partial charge in [-0.15, -0.1) is 0 Å². The quantitative estimate of drug-likeness (QED) is 0.620. The Bertz CT molecular complexity index is 772. The van der Waals surface area contributed by atoms with Gasteiger partial charge in [-0.1, -0.05) is 12.1 Å². The van der Waals surface area contributed by atoms with Crippen molar-refractivity contribution in [1.82, 2.24) is 5.43 Å². The van der Waals surface area contributed by atoms with Gasteiger partial charge >= 0.3 is 0 Å². The Morgan fingerprint density at radius 2 is 1.80 bits per heavy atom. The van der Waals surface area contributed by atoms with Crippen LogP contribution in [0.1, 0.15) is 16.7 Å². The maximum atomic E-state index is 12.0. The fourth-order valence-electron chi connectivity index (χ4n) is 2.32. The van der Waals surface area contributed by atoms with E-state index in [4.69, 9.17) is 14.2 Å². The third-order valence-electron chi connectivity index (χ3n) is 3.66. The molecule has 25 heavy (non-hydrogen) atoms. The van der Waals surface area contributed by atoms with E-state index < -0.39 is 0 Å². The van der Waals surface area contributed by atoms with Crippen molar-refractivity contribution in [3.8, 4) is 17.2 Å². The molecule has 0 aromatic heterocycles. The third kappa shape index (κ3) is 4.97. The van der Waals surface area contributed by atoms with Crippen LogP contribution in [0.4, 0.5) is 0 Å². The summed E-state index contributed by atoms with van der Waals surface area (Å²) in [6.45, 7) is 1.93. The summed E-state index contributed by atoms with van der Waals surface area (Å²) in [5.74, 6) is 1.77. The zero-order valence-corrected chi connectivity index (χ0v) is 14.8. The number of rotatable bonds is 7. The normalized spacial score (nSPS) is 10.6. The molecule has 0 saturated carbocycles. The summed E-state index contributed by atoms with van der Waals surface area (Å²) in [4.78, 5) is 12.0. The van der Waals surface area contributed by atoms with E-state index in [1.54, 1.807) is 27.5 Å². The molecule has 0 fully saturated rings. The number of carbonyl (C=O) groups excluding carboxylic acids is 1. The van der Waals surface area contributed by atoms with Gasteiger partial charge < -0.3 is 14.2 Å². The average molecular weight is 342 g/mol. The highest BCUT2D eigenvalue weighted by atomic mass is 16.5. The van der Waals surface area contributed by atoms with Crippen molar-refractivity contribution in [3.05, 3.63) is 53.1 Å². The molecule has 2 aromatic carbocycles. The number of hydrogen-bond acceptors (Lipinski definition) is 5. The summed E-state index contributed by atoms with van der Waals surface area (Å²) in [6.07, 6.45) is 1.81. The van der Waals surface area contributed by atoms with Gasteiger partial charge in [-0.2, -0.15) is 5.10 Å². The summed E-state index contributed by atoms with van der Waals surface area (Å²) >= 11 is 0. The van der Waals surface area contributed by atoms with Crippen LogP contribution >= 0.6 is 0 Å². The fraction of sp³-hybridized carbons (Fsp3) is 0.263. The van der Waals surface area contributed by atoms with Gasteiger partial charge in [0, 0.05) is 5.56 Å². The lowest BCUT2D eigenvalue weighted by Gasteiger charge is -2.10. The van der Waals surface area contributed by atoms with Crippen LogP contribution < -0.4 is 19.6 Å². The first kappa shape index (κ1) is 18.3. The molecule has 2 rings (SSSR count). The second-order valence-corrected chi connectivity index (χ2v) is 5.39. The molecule has 1 amide bonds. The minimum Gasteiger partial charge on any atom is -0.497 e. The van der Waals surface area contributed by atoms with Crippen LogP contribution in [-0.2, 0) is 11.2 Å². The Balaban J connectivity index is 2.01. The average Bonchev–Trinajstić information content (AvgIpc) is 2.62. The number of carbonyl (C=O) groups is 1. The van der Waals surface area contributed by atoms with Crippen molar-refractivity contribution < 1.29 is 19.0 Å². The van der Waals surface area contributed by atoms with E-state index >= 15 is 0 Å². The molecular weight excluding hydrogens is 320 g/mol. The van der Waals surface area contributed by atoms with Crippen LogP contribution in [0.25, 0.3) is 0 Å². The van der Waals surface area contributed by atoms with Crippen LogP contribution in [0, 0.1) is 6.92 Å². The highest BCUT2D eigenvalue weighted by Gasteiger charge is 2.07. The van der Waals surface area contributed by atoms with E-state index in [9.17, 15) is 4.79 Å². The zero-order valence-electron chi connectivity index (χ0n) is 14.8. The summed E-state index contributed by atoms with van der Waals surface area (Å²) < 4.78 is 15.7. The van der Waals surface area contributed by atoms with Gasteiger partial charge in [-0.05, 0) is 42.3 Å². The zero-order chi connectivity index (χ0) is 18.2. The number of amides is 1. The lowest BCUT2D eigenvalue weighted by molar-refractivity contribution is -0.120. The second-order valence-electron chi connectivity index (χ2n) is 5.39. The lowest BCUT2D eigenvalue weighted by Crippen LogP contribution is -2.19. The van der Waals surface area contributed by atoms with Gasteiger partial charge in [-0.3, -0.25) is 4.79 Å². The molecule has 0 heterocycles. The minimum atomic E-state index is -0.206. The molecule has 1 N–H and O–H groups in total. The summed E-state index contributed by atoms with van der Waals surface area (Å²) in [5, 5.41) is 4.02. The predicted octanol–water partition coefficient (Wildman–Crippen LogP) is 2.71. The van der Waals surface area contributed by atoms with E-state index in [1.165, 1.54) is 0 Å². The van der Waals surface area contributed by atoms with E-state index in [-0.39, 0.29) is 12.3 Å². The number of aryl methyl sites for hydroxylation is 1. The van der Waals surface area contributed by atoms with Crippen molar-refractivity contribution >= 4 is 12.1 Å². The first-order valence-corrected chi connectivity index (χ1v) is 7.74.